The van der Waals surface area contributed by atoms with Crippen LogP contribution in [0, 0.1) is 0 Å². The van der Waals surface area contributed by atoms with Gasteiger partial charge in [-0.15, -0.1) is 11.3 Å². The van der Waals surface area contributed by atoms with Crippen LogP contribution in [0.15, 0.2) is 16.3 Å². The molecular weight excluding hydrogens is 318 g/mol. The zero-order valence-corrected chi connectivity index (χ0v) is 13.5. The summed E-state index contributed by atoms with van der Waals surface area (Å²) in [5, 5.41) is 18.7. The second-order valence-electron chi connectivity index (χ2n) is 4.86. The van der Waals surface area contributed by atoms with E-state index in [9.17, 15) is 18.3 Å². The second kappa shape index (κ2) is 7.32. The molecule has 1 aromatic rings. The van der Waals surface area contributed by atoms with Gasteiger partial charge in [0, 0.05) is 31.6 Å². The molecule has 120 valence electrons. The van der Waals surface area contributed by atoms with Crippen molar-refractivity contribution in [3.8, 4) is 0 Å². The lowest BCUT2D eigenvalue weighted by Crippen LogP contribution is -2.41. The molecule has 0 aliphatic rings. The monoisotopic (exact) mass is 337 g/mol. The van der Waals surface area contributed by atoms with Gasteiger partial charge in [0.05, 0.1) is 12.0 Å². The van der Waals surface area contributed by atoms with Crippen molar-refractivity contribution in [1.29, 1.82) is 0 Å². The summed E-state index contributed by atoms with van der Waals surface area (Å²) >= 11 is 0.899. The van der Waals surface area contributed by atoms with Crippen molar-refractivity contribution in [3.05, 3.63) is 17.0 Å². The summed E-state index contributed by atoms with van der Waals surface area (Å²) in [6.07, 6.45) is 0.0759. The van der Waals surface area contributed by atoms with Gasteiger partial charge < -0.3 is 14.9 Å². The lowest BCUT2D eigenvalue weighted by molar-refractivity contribution is -0.136. The van der Waals surface area contributed by atoms with Crippen molar-refractivity contribution in [2.24, 2.45) is 0 Å². The third kappa shape index (κ3) is 6.10. The van der Waals surface area contributed by atoms with E-state index in [4.69, 9.17) is 9.84 Å². The fourth-order valence-electron chi connectivity index (χ4n) is 1.48. The van der Waals surface area contributed by atoms with E-state index in [1.54, 1.807) is 0 Å². The number of ether oxygens (including phenoxy) is 1. The molecule has 21 heavy (non-hydrogen) atoms. The molecule has 1 aromatic heterocycles. The number of carbonyl (C=O) groups is 1. The van der Waals surface area contributed by atoms with Gasteiger partial charge in [0.25, 0.3) is 0 Å². The summed E-state index contributed by atoms with van der Waals surface area (Å²) in [6, 6.07) is 2.82. The minimum absolute atomic E-state index is 0.0290. The summed E-state index contributed by atoms with van der Waals surface area (Å²) in [7, 11) is -2.26. The first-order chi connectivity index (χ1) is 9.66. The van der Waals surface area contributed by atoms with E-state index >= 15 is 0 Å². The number of thiophene rings is 1. The lowest BCUT2D eigenvalue weighted by Gasteiger charge is -2.22. The summed E-state index contributed by atoms with van der Waals surface area (Å²) in [5.41, 5.74) is -1.22. The molecule has 0 saturated heterocycles. The van der Waals surface area contributed by atoms with Gasteiger partial charge in [-0.1, -0.05) is 0 Å². The summed E-state index contributed by atoms with van der Waals surface area (Å²) in [4.78, 5) is 11.0. The third-order valence-corrected chi connectivity index (χ3v) is 5.69. The first-order valence-corrected chi connectivity index (χ1v) is 8.48. The van der Waals surface area contributed by atoms with Crippen molar-refractivity contribution in [3.63, 3.8) is 0 Å². The van der Waals surface area contributed by atoms with Crippen LogP contribution >= 0.6 is 11.3 Å². The molecule has 1 heterocycles. The second-order valence-corrected chi connectivity index (χ2v) is 8.02. The number of methoxy groups -OCH3 is 1. The number of carboxylic acid groups (broad SMARTS) is 1. The quantitative estimate of drug-likeness (QED) is 0.603. The topological polar surface area (TPSA) is 113 Å². The normalized spacial score (nSPS) is 14.8. The van der Waals surface area contributed by atoms with E-state index in [2.05, 4.69) is 4.72 Å². The average molecular weight is 337 g/mol. The van der Waals surface area contributed by atoms with Gasteiger partial charge in [-0.2, -0.15) is 0 Å². The van der Waals surface area contributed by atoms with Crippen LogP contribution in [0.3, 0.4) is 0 Å². The van der Waals surface area contributed by atoms with E-state index in [0.717, 1.165) is 11.3 Å². The van der Waals surface area contributed by atoms with Crippen LogP contribution in [0.25, 0.3) is 0 Å². The van der Waals surface area contributed by atoms with Crippen molar-refractivity contribution in [2.75, 3.05) is 20.3 Å². The number of hydrogen-bond donors (Lipinski definition) is 3. The average Bonchev–Trinajstić information content (AvgIpc) is 2.83. The van der Waals surface area contributed by atoms with E-state index in [-0.39, 0.29) is 17.2 Å². The molecule has 3 N–H and O–H groups in total. The number of aliphatic hydroxyl groups is 1. The molecule has 0 radical (unpaired) electrons. The third-order valence-electron chi connectivity index (χ3n) is 2.72. The van der Waals surface area contributed by atoms with Crippen molar-refractivity contribution in [1.82, 2.24) is 4.72 Å². The van der Waals surface area contributed by atoms with Crippen LogP contribution < -0.4 is 4.72 Å². The number of carboxylic acids is 1. The molecule has 1 rings (SSSR count). The number of nitrogens with one attached hydrogen (secondary N) is 1. The molecule has 0 aliphatic carbocycles. The van der Waals surface area contributed by atoms with Gasteiger partial charge >= 0.3 is 5.97 Å². The molecule has 0 aromatic carbocycles. The Morgan fingerprint density at radius 1 is 1.48 bits per heavy atom. The summed E-state index contributed by atoms with van der Waals surface area (Å²) in [6.45, 7) is 1.68. The van der Waals surface area contributed by atoms with Crippen molar-refractivity contribution in [2.45, 2.75) is 29.6 Å². The molecule has 9 heteroatoms. The molecule has 7 nitrogen and oxygen atoms in total. The molecule has 0 saturated carbocycles. The molecule has 1 atom stereocenters. The maximum absolute atomic E-state index is 12.1. The highest BCUT2D eigenvalue weighted by atomic mass is 32.2. The van der Waals surface area contributed by atoms with E-state index in [0.29, 0.717) is 17.9 Å². The highest BCUT2D eigenvalue weighted by molar-refractivity contribution is 7.91. The molecule has 0 aliphatic heterocycles. The fraction of sp³-hybridized carbons (Fsp3) is 0.583. The van der Waals surface area contributed by atoms with Gasteiger partial charge in [-0.3, -0.25) is 4.79 Å². The Hall–Kier alpha value is -1.00. The zero-order valence-electron chi connectivity index (χ0n) is 11.8. The van der Waals surface area contributed by atoms with Gasteiger partial charge in [0.1, 0.15) is 4.21 Å². The standard InChI is InChI=1S/C12H19NO6S2/c1-12(16,5-6-19-2)8-13-21(17,18)11-4-3-9(20-11)7-10(14)15/h3-4,13,16H,5-8H2,1-2H3,(H,14,15). The number of hydrogen-bond acceptors (Lipinski definition) is 6. The van der Waals surface area contributed by atoms with Crippen LogP contribution in [0.2, 0.25) is 0 Å². The number of sulfonamides is 1. The smallest absolute Gasteiger partial charge is 0.308 e. The van der Waals surface area contributed by atoms with E-state index < -0.39 is 21.6 Å². The fourth-order valence-corrected chi connectivity index (χ4v) is 4.03. The SMILES string of the molecule is COCCC(C)(O)CNS(=O)(=O)c1ccc(CC(=O)O)s1. The first-order valence-electron chi connectivity index (χ1n) is 6.18. The predicted molar refractivity (Wildman–Crippen MR) is 78.0 cm³/mol. The van der Waals surface area contributed by atoms with Crippen LogP contribution in [0.5, 0.6) is 0 Å². The van der Waals surface area contributed by atoms with Gasteiger partial charge in [-0.25, -0.2) is 13.1 Å². The predicted octanol–water partition coefficient (Wildman–Crippen LogP) is 0.441. The zero-order chi connectivity index (χ0) is 16.1. The Morgan fingerprint density at radius 2 is 2.14 bits per heavy atom. The number of rotatable bonds is 9. The maximum atomic E-state index is 12.1. The highest BCUT2D eigenvalue weighted by Gasteiger charge is 2.25. The van der Waals surface area contributed by atoms with E-state index in [1.807, 2.05) is 0 Å². The van der Waals surface area contributed by atoms with Gasteiger partial charge in [0.2, 0.25) is 10.0 Å². The Kier molecular flexibility index (Phi) is 6.29. The maximum Gasteiger partial charge on any atom is 0.308 e. The minimum atomic E-state index is -3.76. The number of aliphatic carboxylic acids is 1. The molecule has 0 fully saturated rings. The van der Waals surface area contributed by atoms with Crippen LogP contribution in [-0.2, 0) is 26.0 Å². The minimum Gasteiger partial charge on any atom is -0.481 e. The largest absolute Gasteiger partial charge is 0.481 e. The molecule has 0 bridgehead atoms. The lowest BCUT2D eigenvalue weighted by atomic mass is 10.0. The molecule has 0 spiro atoms. The van der Waals surface area contributed by atoms with E-state index in [1.165, 1.54) is 26.2 Å². The van der Waals surface area contributed by atoms with Crippen LogP contribution in [0.4, 0.5) is 0 Å². The van der Waals surface area contributed by atoms with Crippen molar-refractivity contribution >= 4 is 27.3 Å². The van der Waals surface area contributed by atoms with Crippen LogP contribution in [-0.4, -0.2) is 50.5 Å². The Bertz CT molecular complexity index is 578. The van der Waals surface area contributed by atoms with Gasteiger partial charge in [-0.05, 0) is 19.1 Å². The van der Waals surface area contributed by atoms with Crippen molar-refractivity contribution < 1.29 is 28.2 Å². The Balaban J connectivity index is 2.69. The highest BCUT2D eigenvalue weighted by Crippen LogP contribution is 2.22. The summed E-state index contributed by atoms with van der Waals surface area (Å²) in [5.74, 6) is -1.02. The molecule has 0 amide bonds. The first kappa shape index (κ1) is 18.1. The molecular formula is C12H19NO6S2. The molecule has 1 unspecified atom stereocenters. The Labute approximate surface area is 127 Å². The summed E-state index contributed by atoms with van der Waals surface area (Å²) < 4.78 is 31.3. The Morgan fingerprint density at radius 3 is 2.71 bits per heavy atom. The van der Waals surface area contributed by atoms with Crippen LogP contribution in [0.1, 0.15) is 18.2 Å². The van der Waals surface area contributed by atoms with Gasteiger partial charge in [0.15, 0.2) is 0 Å².